The van der Waals surface area contributed by atoms with Gasteiger partial charge in [-0.2, -0.15) is 0 Å². The lowest BCUT2D eigenvalue weighted by Crippen LogP contribution is -2.31. The Bertz CT molecular complexity index is 559. The maximum Gasteiger partial charge on any atom is 0.327 e. The first-order chi connectivity index (χ1) is 8.56. The molecule has 2 amide bonds. The van der Waals surface area contributed by atoms with Crippen molar-refractivity contribution in [1.82, 2.24) is 10.2 Å². The third-order valence-corrected chi connectivity index (χ3v) is 3.51. The van der Waals surface area contributed by atoms with Gasteiger partial charge in [0.2, 0.25) is 5.13 Å². The Labute approximate surface area is 115 Å². The van der Waals surface area contributed by atoms with Gasteiger partial charge in [-0.1, -0.05) is 11.3 Å². The van der Waals surface area contributed by atoms with E-state index in [0.29, 0.717) is 14.7 Å². The Kier molecular flexibility index (Phi) is 3.87. The summed E-state index contributed by atoms with van der Waals surface area (Å²) in [7, 11) is 1.58. The Morgan fingerprint density at radius 2 is 2.06 bits per heavy atom. The third-order valence-electron chi connectivity index (χ3n) is 2.08. The average molecular weight is 331 g/mol. The molecule has 0 atom stereocenters. The molecule has 5 nitrogen and oxygen atoms in total. The van der Waals surface area contributed by atoms with Gasteiger partial charge in [0.1, 0.15) is 5.82 Å². The maximum atomic E-state index is 12.7. The van der Waals surface area contributed by atoms with Crippen LogP contribution in [0.25, 0.3) is 0 Å². The Morgan fingerprint density at radius 1 is 1.39 bits per heavy atom. The fourth-order valence-electron chi connectivity index (χ4n) is 1.16. The van der Waals surface area contributed by atoms with E-state index in [2.05, 4.69) is 31.4 Å². The first-order valence-corrected chi connectivity index (χ1v) is 6.46. The summed E-state index contributed by atoms with van der Waals surface area (Å²) in [5, 5.41) is 10.7. The first kappa shape index (κ1) is 12.9. The van der Waals surface area contributed by atoms with Gasteiger partial charge < -0.3 is 5.32 Å². The molecule has 94 valence electrons. The van der Waals surface area contributed by atoms with Crippen LogP contribution in [-0.2, 0) is 0 Å². The number of nitrogens with one attached hydrogen (secondary N) is 1. The zero-order chi connectivity index (χ0) is 13.1. The molecule has 1 heterocycles. The molecule has 2 rings (SSSR count). The smallest absolute Gasteiger partial charge is 0.307 e. The average Bonchev–Trinajstić information content (AvgIpc) is 2.78. The highest BCUT2D eigenvalue weighted by Crippen LogP contribution is 2.23. The van der Waals surface area contributed by atoms with E-state index in [0.717, 1.165) is 0 Å². The number of benzene rings is 1. The van der Waals surface area contributed by atoms with Gasteiger partial charge in [-0.05, 0) is 40.2 Å². The number of hydrogen-bond acceptors (Lipinski definition) is 4. The van der Waals surface area contributed by atoms with Crippen molar-refractivity contribution in [3.05, 3.63) is 34.0 Å². The molecule has 0 fully saturated rings. The highest BCUT2D eigenvalue weighted by Gasteiger charge is 2.15. The summed E-state index contributed by atoms with van der Waals surface area (Å²) in [6.45, 7) is 0. The monoisotopic (exact) mass is 330 g/mol. The number of carbonyl (C=O) groups is 1. The van der Waals surface area contributed by atoms with Gasteiger partial charge in [-0.3, -0.25) is 4.90 Å². The van der Waals surface area contributed by atoms with Crippen molar-refractivity contribution in [1.29, 1.82) is 0 Å². The molecule has 0 spiro atoms. The zero-order valence-electron chi connectivity index (χ0n) is 9.22. The van der Waals surface area contributed by atoms with Crippen LogP contribution in [0.1, 0.15) is 0 Å². The number of carbonyl (C=O) groups excluding carboxylic acids is 1. The van der Waals surface area contributed by atoms with E-state index in [1.807, 2.05) is 0 Å². The number of rotatable bonds is 2. The summed E-state index contributed by atoms with van der Waals surface area (Å²) in [6, 6.07) is 5.15. The number of anilines is 2. The number of amides is 2. The molecule has 0 bridgehead atoms. The second-order valence-electron chi connectivity index (χ2n) is 3.33. The molecule has 0 unspecified atom stereocenters. The standard InChI is InChI=1S/C10H8BrFN4OS/c1-16(10-15-14-8(11)18-10)9(17)13-7-4-2-6(12)3-5-7/h2-5H,1H3,(H,13,17). The van der Waals surface area contributed by atoms with E-state index < -0.39 is 0 Å². The van der Waals surface area contributed by atoms with Crippen LogP contribution in [0.15, 0.2) is 28.2 Å². The van der Waals surface area contributed by atoms with Gasteiger partial charge in [0.05, 0.1) is 0 Å². The minimum atomic E-state index is -0.370. The van der Waals surface area contributed by atoms with Crippen LogP contribution in [0, 0.1) is 5.82 Å². The molecule has 0 saturated carbocycles. The molecule has 1 N–H and O–H groups in total. The van der Waals surface area contributed by atoms with Gasteiger partial charge in [0.25, 0.3) is 0 Å². The molecule has 0 radical (unpaired) electrons. The molecule has 1 aromatic heterocycles. The highest BCUT2D eigenvalue weighted by atomic mass is 79.9. The zero-order valence-corrected chi connectivity index (χ0v) is 11.6. The number of nitrogens with zero attached hydrogens (tertiary/aromatic N) is 3. The van der Waals surface area contributed by atoms with Crippen molar-refractivity contribution in [3.8, 4) is 0 Å². The van der Waals surface area contributed by atoms with Crippen molar-refractivity contribution in [3.63, 3.8) is 0 Å². The number of halogens is 2. The molecule has 0 aliphatic rings. The first-order valence-electron chi connectivity index (χ1n) is 4.85. The SMILES string of the molecule is CN(C(=O)Nc1ccc(F)cc1)c1nnc(Br)s1. The summed E-state index contributed by atoms with van der Waals surface area (Å²) < 4.78 is 13.3. The van der Waals surface area contributed by atoms with Crippen LogP contribution >= 0.6 is 27.3 Å². The molecule has 0 saturated heterocycles. The van der Waals surface area contributed by atoms with E-state index in [9.17, 15) is 9.18 Å². The van der Waals surface area contributed by atoms with Crippen LogP contribution in [-0.4, -0.2) is 23.3 Å². The van der Waals surface area contributed by atoms with E-state index in [4.69, 9.17) is 0 Å². The van der Waals surface area contributed by atoms with Gasteiger partial charge >= 0.3 is 6.03 Å². The highest BCUT2D eigenvalue weighted by molar-refractivity contribution is 9.11. The molecule has 8 heteroatoms. The summed E-state index contributed by atoms with van der Waals surface area (Å²) in [4.78, 5) is 13.2. The van der Waals surface area contributed by atoms with Gasteiger partial charge in [0, 0.05) is 12.7 Å². The van der Waals surface area contributed by atoms with Crippen LogP contribution in [0.3, 0.4) is 0 Å². The molecule has 0 aliphatic carbocycles. The second-order valence-corrected chi connectivity index (χ2v) is 5.57. The lowest BCUT2D eigenvalue weighted by Gasteiger charge is -2.14. The van der Waals surface area contributed by atoms with E-state index in [-0.39, 0.29) is 11.8 Å². The predicted molar refractivity (Wildman–Crippen MR) is 71.4 cm³/mol. The third kappa shape index (κ3) is 3.02. The summed E-state index contributed by atoms with van der Waals surface area (Å²) in [5.41, 5.74) is 0.511. The topological polar surface area (TPSA) is 58.1 Å². The van der Waals surface area contributed by atoms with Crippen molar-refractivity contribution in [2.24, 2.45) is 0 Å². The van der Waals surface area contributed by atoms with E-state index in [1.54, 1.807) is 7.05 Å². The summed E-state index contributed by atoms with van der Waals surface area (Å²) in [6.07, 6.45) is 0. The molecule has 1 aromatic carbocycles. The van der Waals surface area contributed by atoms with Crippen molar-refractivity contribution < 1.29 is 9.18 Å². The Hall–Kier alpha value is -1.54. The molecular weight excluding hydrogens is 323 g/mol. The fraction of sp³-hybridized carbons (Fsp3) is 0.100. The lowest BCUT2D eigenvalue weighted by molar-refractivity contribution is 0.258. The summed E-state index contributed by atoms with van der Waals surface area (Å²) >= 11 is 4.41. The van der Waals surface area contributed by atoms with Gasteiger partial charge in [-0.15, -0.1) is 10.2 Å². The minimum absolute atomic E-state index is 0.352. The maximum absolute atomic E-state index is 12.7. The molecular formula is C10H8BrFN4OS. The molecule has 18 heavy (non-hydrogen) atoms. The van der Waals surface area contributed by atoms with E-state index >= 15 is 0 Å². The van der Waals surface area contributed by atoms with Crippen molar-refractivity contribution in [2.45, 2.75) is 0 Å². The van der Waals surface area contributed by atoms with Crippen molar-refractivity contribution in [2.75, 3.05) is 17.3 Å². The quantitative estimate of drug-likeness (QED) is 0.920. The predicted octanol–water partition coefficient (Wildman–Crippen LogP) is 3.11. The van der Waals surface area contributed by atoms with Crippen LogP contribution in [0.5, 0.6) is 0 Å². The fourth-order valence-corrected chi connectivity index (χ4v) is 2.21. The molecule has 0 aliphatic heterocycles. The number of hydrogen-bond donors (Lipinski definition) is 1. The molecule has 2 aromatic rings. The van der Waals surface area contributed by atoms with Crippen LogP contribution in [0.4, 0.5) is 20.0 Å². The van der Waals surface area contributed by atoms with Gasteiger partial charge in [0.15, 0.2) is 3.92 Å². The minimum Gasteiger partial charge on any atom is -0.307 e. The summed E-state index contributed by atoms with van der Waals surface area (Å²) in [5.74, 6) is -0.352. The lowest BCUT2D eigenvalue weighted by atomic mass is 10.3. The van der Waals surface area contributed by atoms with Crippen LogP contribution in [0.2, 0.25) is 0 Å². The largest absolute Gasteiger partial charge is 0.327 e. The number of aromatic nitrogens is 2. The van der Waals surface area contributed by atoms with Crippen molar-refractivity contribution >= 4 is 44.1 Å². The van der Waals surface area contributed by atoms with Gasteiger partial charge in [-0.25, -0.2) is 9.18 Å². The normalized spacial score (nSPS) is 10.2. The van der Waals surface area contributed by atoms with E-state index in [1.165, 1.54) is 40.5 Å². The number of urea groups is 1. The van der Waals surface area contributed by atoms with Crippen LogP contribution < -0.4 is 10.2 Å². The Morgan fingerprint density at radius 3 is 2.61 bits per heavy atom. The Balaban J connectivity index is 2.05. The second kappa shape index (κ2) is 5.40.